The third-order valence-electron chi connectivity index (χ3n) is 4.78. The molecular weight excluding hydrogens is 443 g/mol. The second-order valence-corrected chi connectivity index (χ2v) is 10.1. The van der Waals surface area contributed by atoms with Crippen molar-refractivity contribution in [3.8, 4) is 5.30 Å². The lowest BCUT2D eigenvalue weighted by Crippen LogP contribution is -1.85. The number of hydrogen-bond donors (Lipinski definition) is 0. The Bertz CT molecular complexity index is 1120. The van der Waals surface area contributed by atoms with Crippen LogP contribution in [0.5, 0.6) is 0 Å². The highest BCUT2D eigenvalue weighted by molar-refractivity contribution is 9.10. The summed E-state index contributed by atoms with van der Waals surface area (Å²) in [6.07, 6.45) is 1.02. The van der Waals surface area contributed by atoms with E-state index in [9.17, 15) is 0 Å². The van der Waals surface area contributed by atoms with Gasteiger partial charge in [-0.25, -0.2) is 0 Å². The minimum absolute atomic E-state index is 0.540. The fraction of sp³-hybridized carbons (Fsp3) is 0.0476. The van der Waals surface area contributed by atoms with E-state index in [1.165, 1.54) is 41.9 Å². The normalized spacial score (nSPS) is 13.2. The van der Waals surface area contributed by atoms with Crippen LogP contribution in [0, 0.1) is 0 Å². The molecule has 0 saturated carbocycles. The molecule has 116 valence electrons. The van der Waals surface area contributed by atoms with E-state index in [1.54, 1.807) is 0 Å². The van der Waals surface area contributed by atoms with Crippen LogP contribution in [-0.2, 0) is 6.42 Å². The Hall–Kier alpha value is -1.34. The molecule has 1 aliphatic carbocycles. The Balaban J connectivity index is 2.03. The number of fused-ring (bicyclic) bond motifs is 2. The molecule has 2 heterocycles. The highest BCUT2D eigenvalue weighted by Crippen LogP contribution is 2.51. The van der Waals surface area contributed by atoms with Gasteiger partial charge in [0.2, 0.25) is 0 Å². The quantitative estimate of drug-likeness (QED) is 0.240. The molecule has 0 amide bonds. The summed E-state index contributed by atoms with van der Waals surface area (Å²) in [5.41, 5.74) is 2.87. The second-order valence-electron chi connectivity index (χ2n) is 6.16. The van der Waals surface area contributed by atoms with Gasteiger partial charge in [0.05, 0.1) is 0 Å². The highest BCUT2D eigenvalue weighted by Gasteiger charge is 2.17. The van der Waals surface area contributed by atoms with Crippen LogP contribution in [0.3, 0.4) is 0 Å². The van der Waals surface area contributed by atoms with Gasteiger partial charge in [-0.15, -0.1) is 0 Å². The Morgan fingerprint density at radius 1 is 0.792 bits per heavy atom. The van der Waals surface area contributed by atoms with Gasteiger partial charge in [-0.1, -0.05) is 63.7 Å². The molecular formula is C21H13Br2P. The van der Waals surface area contributed by atoms with Crippen LogP contribution < -0.4 is 0 Å². The first kappa shape index (κ1) is 15.0. The molecule has 0 saturated heterocycles. The minimum atomic E-state index is -0.540. The molecule has 1 unspecified atom stereocenters. The van der Waals surface area contributed by atoms with Crippen LogP contribution >= 0.6 is 39.4 Å². The summed E-state index contributed by atoms with van der Waals surface area (Å²) in [5, 5.41) is 7.06. The van der Waals surface area contributed by atoms with Crippen molar-refractivity contribution in [1.29, 1.82) is 0 Å². The van der Waals surface area contributed by atoms with Gasteiger partial charge < -0.3 is 0 Å². The van der Waals surface area contributed by atoms with Crippen LogP contribution in [0.15, 0.2) is 75.7 Å². The zero-order valence-electron chi connectivity index (χ0n) is 12.8. The van der Waals surface area contributed by atoms with Gasteiger partial charge in [0.1, 0.15) is 0 Å². The van der Waals surface area contributed by atoms with Gasteiger partial charge in [0.15, 0.2) is 0 Å². The van der Waals surface area contributed by atoms with Gasteiger partial charge in [0, 0.05) is 14.1 Å². The molecule has 5 aromatic rings. The molecule has 0 radical (unpaired) electrons. The van der Waals surface area contributed by atoms with Gasteiger partial charge in [-0.3, -0.25) is 0 Å². The van der Waals surface area contributed by atoms with E-state index in [1.807, 2.05) is 0 Å². The fourth-order valence-electron chi connectivity index (χ4n) is 3.60. The maximum atomic E-state index is 3.76. The first-order valence-electron chi connectivity index (χ1n) is 7.89. The monoisotopic (exact) mass is 454 g/mol. The van der Waals surface area contributed by atoms with E-state index in [-0.39, 0.29) is 0 Å². The topological polar surface area (TPSA) is 0 Å². The minimum Gasteiger partial charge on any atom is -0.0779 e. The van der Waals surface area contributed by atoms with Crippen molar-refractivity contribution in [2.45, 2.75) is 6.42 Å². The van der Waals surface area contributed by atoms with Gasteiger partial charge in [-0.05, 0) is 81.2 Å². The summed E-state index contributed by atoms with van der Waals surface area (Å²) >= 11 is 7.32. The van der Waals surface area contributed by atoms with Gasteiger partial charge in [0.25, 0.3) is 0 Å². The van der Waals surface area contributed by atoms with Crippen LogP contribution in [0.4, 0.5) is 0 Å². The molecule has 0 N–H and O–H groups in total. The predicted molar refractivity (Wildman–Crippen MR) is 113 cm³/mol. The third-order valence-corrected chi connectivity index (χ3v) is 8.56. The van der Waals surface area contributed by atoms with Crippen LogP contribution in [0.25, 0.3) is 26.3 Å². The predicted octanol–water partition coefficient (Wildman–Crippen LogP) is 7.96. The SMILES string of the molecule is Brc1ccc(-p2c3ccc(cc3)c3cc4c(c(Br)ccc42)C3)cc1. The van der Waals surface area contributed by atoms with Crippen LogP contribution in [-0.4, -0.2) is 0 Å². The zero-order chi connectivity index (χ0) is 16.3. The van der Waals surface area contributed by atoms with Gasteiger partial charge >= 0.3 is 0 Å². The van der Waals surface area contributed by atoms with Crippen molar-refractivity contribution < 1.29 is 0 Å². The van der Waals surface area contributed by atoms with E-state index in [4.69, 9.17) is 0 Å². The number of hydrogen-bond acceptors (Lipinski definition) is 0. The lowest BCUT2D eigenvalue weighted by Gasteiger charge is -2.11. The second kappa shape index (κ2) is 5.59. The summed E-state index contributed by atoms with van der Waals surface area (Å²) in [6, 6.07) is 25.0. The molecule has 0 spiro atoms. The smallest absolute Gasteiger partial charge is 0.0217 e. The maximum Gasteiger partial charge on any atom is 0.0217 e. The van der Waals surface area contributed by atoms with E-state index in [0.29, 0.717) is 0 Å². The van der Waals surface area contributed by atoms with Crippen molar-refractivity contribution >= 4 is 60.4 Å². The molecule has 2 aromatic heterocycles. The van der Waals surface area contributed by atoms with E-state index in [0.717, 1.165) is 10.9 Å². The molecule has 1 aliphatic rings. The molecule has 6 rings (SSSR count). The van der Waals surface area contributed by atoms with Crippen molar-refractivity contribution in [3.05, 3.63) is 86.8 Å². The van der Waals surface area contributed by atoms with Crippen LogP contribution in [0.2, 0.25) is 0 Å². The molecule has 1 atom stereocenters. The maximum absolute atomic E-state index is 3.76. The number of benzene rings is 3. The third kappa shape index (κ3) is 2.24. The summed E-state index contributed by atoms with van der Waals surface area (Å²) in [7, 11) is -0.540. The molecule has 3 aromatic carbocycles. The van der Waals surface area contributed by atoms with Crippen molar-refractivity contribution in [1.82, 2.24) is 0 Å². The van der Waals surface area contributed by atoms with E-state index < -0.39 is 7.53 Å². The molecule has 4 bridgehead atoms. The lowest BCUT2D eigenvalue weighted by atomic mass is 10.1. The van der Waals surface area contributed by atoms with E-state index in [2.05, 4.69) is 98.6 Å². The zero-order valence-corrected chi connectivity index (χ0v) is 16.8. The highest BCUT2D eigenvalue weighted by atomic mass is 79.9. The molecule has 24 heavy (non-hydrogen) atoms. The fourth-order valence-corrected chi connectivity index (χ4v) is 6.77. The number of rotatable bonds is 1. The molecule has 3 heteroatoms. The number of halogens is 2. The Morgan fingerprint density at radius 3 is 2.29 bits per heavy atom. The Kier molecular flexibility index (Phi) is 3.49. The van der Waals surface area contributed by atoms with Crippen LogP contribution in [0.1, 0.15) is 11.1 Å². The molecule has 0 nitrogen and oxygen atoms in total. The Labute approximate surface area is 158 Å². The summed E-state index contributed by atoms with van der Waals surface area (Å²) in [6.45, 7) is 0. The molecule has 0 fully saturated rings. The van der Waals surface area contributed by atoms with Crippen molar-refractivity contribution in [2.24, 2.45) is 0 Å². The lowest BCUT2D eigenvalue weighted by molar-refractivity contribution is 1.27. The average molecular weight is 456 g/mol. The first-order chi connectivity index (χ1) is 11.7. The standard InChI is InChI=1S/C21H13Br2P/c22-15-3-7-17(8-4-15)24-16-5-1-13(2-6-16)14-11-18-19(12-14)21(24)10-9-20(18)23/h1-10,12H,11H2. The van der Waals surface area contributed by atoms with Crippen molar-refractivity contribution in [2.75, 3.05) is 0 Å². The van der Waals surface area contributed by atoms with Gasteiger partial charge in [-0.2, -0.15) is 0 Å². The summed E-state index contributed by atoms with van der Waals surface area (Å²) in [4.78, 5) is 0. The first-order valence-corrected chi connectivity index (χ1v) is 10.8. The Morgan fingerprint density at radius 2 is 1.54 bits per heavy atom. The summed E-state index contributed by atoms with van der Waals surface area (Å²) in [5.74, 6) is 0. The largest absolute Gasteiger partial charge is 0.0779 e. The van der Waals surface area contributed by atoms with E-state index >= 15 is 0 Å². The van der Waals surface area contributed by atoms with Crippen molar-refractivity contribution in [3.63, 3.8) is 0 Å². The summed E-state index contributed by atoms with van der Waals surface area (Å²) < 4.78 is 2.36. The average Bonchev–Trinajstić information content (AvgIpc) is 3.08. The molecule has 0 aliphatic heterocycles.